The lowest BCUT2D eigenvalue weighted by atomic mass is 10.3. The maximum atomic E-state index is 8.79. The summed E-state index contributed by atoms with van der Waals surface area (Å²) in [6.45, 7) is 1.70. The number of benzene rings is 1. The van der Waals surface area contributed by atoms with Gasteiger partial charge in [0.2, 0.25) is 0 Å². The number of nitrogens with zero attached hydrogens (tertiary/aromatic N) is 3. The molecule has 1 aromatic carbocycles. The predicted octanol–water partition coefficient (Wildman–Crippen LogP) is 3.22. The van der Waals surface area contributed by atoms with E-state index in [1.807, 2.05) is 25.2 Å². The molecule has 0 radical (unpaired) electrons. The molecule has 0 saturated carbocycles. The Morgan fingerprint density at radius 2 is 2.39 bits per heavy atom. The highest BCUT2D eigenvalue weighted by molar-refractivity contribution is 14.1. The SMILES string of the molecule is CN(I)CCCOc1ccc2nc(C#N)sc2c1. The maximum absolute atomic E-state index is 8.79. The van der Waals surface area contributed by atoms with E-state index in [2.05, 4.69) is 37.0 Å². The second-order valence-electron chi connectivity index (χ2n) is 3.79. The molecule has 2 rings (SSSR count). The number of hydrogen-bond donors (Lipinski definition) is 0. The first-order valence-electron chi connectivity index (χ1n) is 5.49. The summed E-state index contributed by atoms with van der Waals surface area (Å²) in [6.07, 6.45) is 0.990. The summed E-state index contributed by atoms with van der Waals surface area (Å²) in [6, 6.07) is 7.80. The summed E-state index contributed by atoms with van der Waals surface area (Å²) in [5.41, 5.74) is 0.857. The Balaban J connectivity index is 1.99. The molecular weight excluding hydrogens is 361 g/mol. The normalized spacial score (nSPS) is 10.8. The molecule has 0 fully saturated rings. The zero-order chi connectivity index (χ0) is 13.0. The van der Waals surface area contributed by atoms with E-state index in [1.165, 1.54) is 11.3 Å². The van der Waals surface area contributed by atoms with Gasteiger partial charge in [-0.05, 0) is 31.7 Å². The number of hydrogen-bond acceptors (Lipinski definition) is 5. The lowest BCUT2D eigenvalue weighted by molar-refractivity contribution is 0.303. The van der Waals surface area contributed by atoms with Crippen molar-refractivity contribution in [2.75, 3.05) is 20.2 Å². The number of aromatic nitrogens is 1. The molecule has 0 aliphatic rings. The lowest BCUT2D eigenvalue weighted by Crippen LogP contribution is -2.09. The standard InChI is InChI=1S/C12H12IN3OS/c1-16(13)5-2-6-17-9-3-4-10-11(7-9)18-12(8-14)15-10/h3-4,7H,2,5-6H2,1H3. The van der Waals surface area contributed by atoms with Gasteiger partial charge in [-0.2, -0.15) is 5.26 Å². The van der Waals surface area contributed by atoms with Crippen LogP contribution in [0, 0.1) is 11.3 Å². The molecule has 94 valence electrons. The second kappa shape index (κ2) is 6.31. The topological polar surface area (TPSA) is 49.1 Å². The molecule has 1 heterocycles. The number of nitriles is 1. The van der Waals surface area contributed by atoms with Crippen molar-refractivity contribution in [1.29, 1.82) is 5.26 Å². The lowest BCUT2D eigenvalue weighted by Gasteiger charge is -2.08. The van der Waals surface area contributed by atoms with E-state index in [-0.39, 0.29) is 0 Å². The highest BCUT2D eigenvalue weighted by Crippen LogP contribution is 2.26. The van der Waals surface area contributed by atoms with Crippen molar-refractivity contribution in [1.82, 2.24) is 8.10 Å². The second-order valence-corrected chi connectivity index (χ2v) is 6.47. The van der Waals surface area contributed by atoms with Crippen LogP contribution in [0.4, 0.5) is 0 Å². The Morgan fingerprint density at radius 3 is 3.11 bits per heavy atom. The molecule has 0 saturated heterocycles. The van der Waals surface area contributed by atoms with Crippen LogP contribution in [0.1, 0.15) is 11.4 Å². The zero-order valence-corrected chi connectivity index (χ0v) is 12.9. The van der Waals surface area contributed by atoms with Crippen LogP contribution in [-0.4, -0.2) is 28.3 Å². The summed E-state index contributed by atoms with van der Waals surface area (Å²) in [5, 5.41) is 9.29. The minimum Gasteiger partial charge on any atom is -0.493 e. The first kappa shape index (κ1) is 13.5. The number of fused-ring (bicyclic) bond motifs is 1. The summed E-state index contributed by atoms with van der Waals surface area (Å²) >= 11 is 3.65. The number of halogens is 1. The van der Waals surface area contributed by atoms with Crippen LogP contribution >= 0.6 is 34.2 Å². The van der Waals surface area contributed by atoms with E-state index in [0.29, 0.717) is 11.6 Å². The van der Waals surface area contributed by atoms with Gasteiger partial charge in [0.1, 0.15) is 11.8 Å². The van der Waals surface area contributed by atoms with Crippen molar-refractivity contribution < 1.29 is 4.74 Å². The van der Waals surface area contributed by atoms with Crippen LogP contribution in [0.25, 0.3) is 10.2 Å². The third kappa shape index (κ3) is 3.54. The average molecular weight is 373 g/mol. The van der Waals surface area contributed by atoms with E-state index in [1.54, 1.807) is 0 Å². The Morgan fingerprint density at radius 1 is 1.56 bits per heavy atom. The Hall–Kier alpha value is -0.910. The fourth-order valence-corrected chi connectivity index (χ4v) is 2.65. The molecule has 0 aliphatic heterocycles. The molecule has 0 amide bonds. The molecule has 1 aromatic heterocycles. The Bertz CT molecular complexity index is 576. The average Bonchev–Trinajstić information content (AvgIpc) is 2.76. The van der Waals surface area contributed by atoms with Gasteiger partial charge in [0.15, 0.2) is 5.01 Å². The van der Waals surface area contributed by atoms with Gasteiger partial charge in [-0.3, -0.25) is 3.11 Å². The molecule has 0 unspecified atom stereocenters. The summed E-state index contributed by atoms with van der Waals surface area (Å²) in [4.78, 5) is 4.19. The molecule has 4 nitrogen and oxygen atoms in total. The number of rotatable bonds is 5. The van der Waals surface area contributed by atoms with E-state index < -0.39 is 0 Å². The van der Waals surface area contributed by atoms with E-state index in [4.69, 9.17) is 10.00 Å². The summed E-state index contributed by atoms with van der Waals surface area (Å²) in [5.74, 6) is 0.840. The Kier molecular flexibility index (Phi) is 4.74. The molecule has 0 aliphatic carbocycles. The van der Waals surface area contributed by atoms with Crippen LogP contribution in [0.3, 0.4) is 0 Å². The van der Waals surface area contributed by atoms with Gasteiger partial charge in [0.05, 0.1) is 16.8 Å². The van der Waals surface area contributed by atoms with Gasteiger partial charge in [-0.25, -0.2) is 4.98 Å². The van der Waals surface area contributed by atoms with Crippen molar-refractivity contribution in [3.05, 3.63) is 23.2 Å². The van der Waals surface area contributed by atoms with Gasteiger partial charge < -0.3 is 4.74 Å². The highest BCUT2D eigenvalue weighted by Gasteiger charge is 2.04. The first-order chi connectivity index (χ1) is 8.69. The third-order valence-electron chi connectivity index (χ3n) is 2.33. The zero-order valence-electron chi connectivity index (χ0n) is 9.89. The monoisotopic (exact) mass is 373 g/mol. The quantitative estimate of drug-likeness (QED) is 0.459. The van der Waals surface area contributed by atoms with Crippen LogP contribution < -0.4 is 4.74 Å². The van der Waals surface area contributed by atoms with Gasteiger partial charge in [-0.15, -0.1) is 11.3 Å². The minimum atomic E-state index is 0.494. The van der Waals surface area contributed by atoms with E-state index in [0.717, 1.165) is 28.9 Å². The van der Waals surface area contributed by atoms with Gasteiger partial charge >= 0.3 is 0 Å². The number of ether oxygens (including phenoxy) is 1. The van der Waals surface area contributed by atoms with Gasteiger partial charge in [0, 0.05) is 29.4 Å². The fraction of sp³-hybridized carbons (Fsp3) is 0.333. The van der Waals surface area contributed by atoms with Crippen LogP contribution in [0.2, 0.25) is 0 Å². The van der Waals surface area contributed by atoms with Crippen molar-refractivity contribution in [3.63, 3.8) is 0 Å². The first-order valence-corrected chi connectivity index (χ1v) is 7.27. The third-order valence-corrected chi connectivity index (χ3v) is 3.74. The molecule has 0 atom stereocenters. The fourth-order valence-electron chi connectivity index (χ4n) is 1.51. The van der Waals surface area contributed by atoms with Crippen molar-refractivity contribution in [2.45, 2.75) is 6.42 Å². The largest absolute Gasteiger partial charge is 0.493 e. The molecule has 2 aromatic rings. The van der Waals surface area contributed by atoms with E-state index in [9.17, 15) is 0 Å². The summed E-state index contributed by atoms with van der Waals surface area (Å²) in [7, 11) is 2.04. The highest BCUT2D eigenvalue weighted by atomic mass is 127. The molecular formula is C12H12IN3OS. The van der Waals surface area contributed by atoms with Crippen molar-refractivity contribution in [3.8, 4) is 11.8 Å². The van der Waals surface area contributed by atoms with Gasteiger partial charge in [0.25, 0.3) is 0 Å². The van der Waals surface area contributed by atoms with Gasteiger partial charge in [-0.1, -0.05) is 0 Å². The van der Waals surface area contributed by atoms with Crippen LogP contribution in [-0.2, 0) is 0 Å². The van der Waals surface area contributed by atoms with E-state index >= 15 is 0 Å². The molecule has 18 heavy (non-hydrogen) atoms. The van der Waals surface area contributed by atoms with Crippen LogP contribution in [0.5, 0.6) is 5.75 Å². The predicted molar refractivity (Wildman–Crippen MR) is 81.1 cm³/mol. The molecule has 0 N–H and O–H groups in total. The smallest absolute Gasteiger partial charge is 0.195 e. The molecule has 6 heteroatoms. The number of thiazole rings is 1. The summed E-state index contributed by atoms with van der Waals surface area (Å²) < 4.78 is 8.77. The molecule has 0 bridgehead atoms. The Labute approximate surface area is 124 Å². The molecule has 0 spiro atoms. The van der Waals surface area contributed by atoms with Crippen molar-refractivity contribution >= 4 is 44.4 Å². The van der Waals surface area contributed by atoms with Crippen molar-refractivity contribution in [2.24, 2.45) is 0 Å². The van der Waals surface area contributed by atoms with Crippen LogP contribution in [0.15, 0.2) is 18.2 Å². The maximum Gasteiger partial charge on any atom is 0.195 e. The minimum absolute atomic E-state index is 0.494.